The van der Waals surface area contributed by atoms with Gasteiger partial charge in [-0.3, -0.25) is 0 Å². The van der Waals surface area contributed by atoms with Gasteiger partial charge in [-0.2, -0.15) is 0 Å². The van der Waals surface area contributed by atoms with E-state index in [4.69, 9.17) is 21.1 Å². The fourth-order valence-electron chi connectivity index (χ4n) is 2.15. The molecule has 5 heteroatoms. The van der Waals surface area contributed by atoms with Gasteiger partial charge in [-0.1, -0.05) is 11.6 Å². The molecule has 2 heterocycles. The molecule has 2 aromatic rings. The van der Waals surface area contributed by atoms with Crippen LogP contribution in [0, 0.1) is 6.92 Å². The van der Waals surface area contributed by atoms with Crippen LogP contribution in [-0.2, 0) is 0 Å². The number of fused-ring (bicyclic) bond motifs is 1. The maximum atomic E-state index is 6.26. The summed E-state index contributed by atoms with van der Waals surface area (Å²) in [7, 11) is 0. The van der Waals surface area contributed by atoms with E-state index in [1.54, 1.807) is 17.4 Å². The van der Waals surface area contributed by atoms with Crippen molar-refractivity contribution in [3.05, 3.63) is 39.0 Å². The Kier molecular flexibility index (Phi) is 3.29. The summed E-state index contributed by atoms with van der Waals surface area (Å²) in [6, 6.07) is 6.02. The SMILES string of the molecule is Cc1ccsc1C(C)Nc1cc2c(cc1Cl)OCO2. The summed E-state index contributed by atoms with van der Waals surface area (Å²) in [5.41, 5.74) is 2.16. The molecule has 3 nitrogen and oxygen atoms in total. The number of aryl methyl sites for hydroxylation is 1. The van der Waals surface area contributed by atoms with E-state index in [-0.39, 0.29) is 12.8 Å². The molecular formula is C14H14ClNO2S. The van der Waals surface area contributed by atoms with E-state index in [2.05, 4.69) is 30.6 Å². The molecule has 0 fully saturated rings. The van der Waals surface area contributed by atoms with Crippen molar-refractivity contribution in [3.8, 4) is 11.5 Å². The first-order chi connectivity index (χ1) is 9.15. The summed E-state index contributed by atoms with van der Waals surface area (Å²) >= 11 is 8.01. The Hall–Kier alpha value is -1.39. The Morgan fingerprint density at radius 3 is 2.74 bits per heavy atom. The van der Waals surface area contributed by atoms with Crippen molar-refractivity contribution in [1.82, 2.24) is 0 Å². The summed E-state index contributed by atoms with van der Waals surface area (Å²) < 4.78 is 10.7. The third-order valence-corrected chi connectivity index (χ3v) is 4.64. The normalized spacial score (nSPS) is 14.5. The molecule has 0 amide bonds. The summed E-state index contributed by atoms with van der Waals surface area (Å²) in [6.07, 6.45) is 0. The smallest absolute Gasteiger partial charge is 0.231 e. The molecule has 0 bridgehead atoms. The van der Waals surface area contributed by atoms with E-state index in [0.717, 1.165) is 11.4 Å². The first-order valence-electron chi connectivity index (χ1n) is 6.05. The zero-order chi connectivity index (χ0) is 13.4. The lowest BCUT2D eigenvalue weighted by Crippen LogP contribution is -2.06. The van der Waals surface area contributed by atoms with E-state index < -0.39 is 0 Å². The van der Waals surface area contributed by atoms with Crippen LogP contribution in [0.3, 0.4) is 0 Å². The van der Waals surface area contributed by atoms with Gasteiger partial charge in [0.15, 0.2) is 11.5 Å². The first kappa shape index (κ1) is 12.6. The summed E-state index contributed by atoms with van der Waals surface area (Å²) in [6.45, 7) is 4.50. The lowest BCUT2D eigenvalue weighted by atomic mass is 10.1. The number of thiophene rings is 1. The van der Waals surface area contributed by atoms with E-state index in [9.17, 15) is 0 Å². The standard InChI is InChI=1S/C14H14ClNO2S/c1-8-3-4-19-14(8)9(2)16-11-6-13-12(5-10(11)15)17-7-18-13/h3-6,9,16H,7H2,1-2H3. The molecule has 1 aliphatic rings. The van der Waals surface area contributed by atoms with Gasteiger partial charge >= 0.3 is 0 Å². The highest BCUT2D eigenvalue weighted by Gasteiger charge is 2.18. The number of rotatable bonds is 3. The molecule has 3 rings (SSSR count). The highest BCUT2D eigenvalue weighted by molar-refractivity contribution is 7.10. The lowest BCUT2D eigenvalue weighted by Gasteiger charge is -2.16. The van der Waals surface area contributed by atoms with Crippen LogP contribution in [0.2, 0.25) is 5.02 Å². The number of ether oxygens (including phenoxy) is 2. The zero-order valence-corrected chi connectivity index (χ0v) is 12.3. The monoisotopic (exact) mass is 295 g/mol. The summed E-state index contributed by atoms with van der Waals surface area (Å²) in [4.78, 5) is 1.31. The predicted molar refractivity (Wildman–Crippen MR) is 78.7 cm³/mol. The molecule has 0 spiro atoms. The van der Waals surface area contributed by atoms with Crippen molar-refractivity contribution in [3.63, 3.8) is 0 Å². The molecule has 1 aromatic heterocycles. The molecule has 1 atom stereocenters. The van der Waals surface area contributed by atoms with Gasteiger partial charge in [0, 0.05) is 17.0 Å². The van der Waals surface area contributed by atoms with Crippen LogP contribution in [0.25, 0.3) is 0 Å². The maximum absolute atomic E-state index is 6.26. The molecule has 0 saturated carbocycles. The Labute approximate surface area is 121 Å². The third-order valence-electron chi connectivity index (χ3n) is 3.13. The average Bonchev–Trinajstić information content (AvgIpc) is 2.98. The minimum absolute atomic E-state index is 0.206. The zero-order valence-electron chi connectivity index (χ0n) is 10.7. The van der Waals surface area contributed by atoms with Crippen molar-refractivity contribution < 1.29 is 9.47 Å². The third kappa shape index (κ3) is 2.38. The van der Waals surface area contributed by atoms with Crippen molar-refractivity contribution in [2.24, 2.45) is 0 Å². The van der Waals surface area contributed by atoms with Crippen LogP contribution in [0.5, 0.6) is 11.5 Å². The predicted octanol–water partition coefficient (Wildman–Crippen LogP) is 4.61. The largest absolute Gasteiger partial charge is 0.454 e. The molecule has 1 aliphatic heterocycles. The number of hydrogen-bond donors (Lipinski definition) is 1. The van der Waals surface area contributed by atoms with Gasteiger partial charge in [-0.15, -0.1) is 11.3 Å². The highest BCUT2D eigenvalue weighted by Crippen LogP contribution is 2.40. The number of halogens is 1. The Balaban J connectivity index is 1.86. The molecule has 0 radical (unpaired) electrons. The average molecular weight is 296 g/mol. The second-order valence-electron chi connectivity index (χ2n) is 4.52. The summed E-state index contributed by atoms with van der Waals surface area (Å²) in [5.74, 6) is 1.44. The van der Waals surface area contributed by atoms with Crippen LogP contribution < -0.4 is 14.8 Å². The molecule has 1 unspecified atom stereocenters. The topological polar surface area (TPSA) is 30.5 Å². The van der Waals surface area contributed by atoms with Gasteiger partial charge in [-0.25, -0.2) is 0 Å². The number of hydrogen-bond acceptors (Lipinski definition) is 4. The lowest BCUT2D eigenvalue weighted by molar-refractivity contribution is 0.174. The van der Waals surface area contributed by atoms with Crippen LogP contribution >= 0.6 is 22.9 Å². The van der Waals surface area contributed by atoms with E-state index >= 15 is 0 Å². The van der Waals surface area contributed by atoms with Gasteiger partial charge < -0.3 is 14.8 Å². The summed E-state index contributed by atoms with van der Waals surface area (Å²) in [5, 5.41) is 6.17. The van der Waals surface area contributed by atoms with E-state index in [1.807, 2.05) is 6.07 Å². The molecule has 100 valence electrons. The fraction of sp³-hybridized carbons (Fsp3) is 0.286. The second kappa shape index (κ2) is 4.94. The minimum atomic E-state index is 0.206. The van der Waals surface area contributed by atoms with Crippen molar-refractivity contribution >= 4 is 28.6 Å². The molecular weight excluding hydrogens is 282 g/mol. The Morgan fingerprint density at radius 2 is 2.05 bits per heavy atom. The molecule has 19 heavy (non-hydrogen) atoms. The van der Waals surface area contributed by atoms with Gasteiger partial charge in [0.1, 0.15) is 0 Å². The molecule has 0 aliphatic carbocycles. The molecule has 0 saturated heterocycles. The van der Waals surface area contributed by atoms with E-state index in [0.29, 0.717) is 10.8 Å². The number of benzene rings is 1. The highest BCUT2D eigenvalue weighted by atomic mass is 35.5. The van der Waals surface area contributed by atoms with E-state index in [1.165, 1.54) is 10.4 Å². The second-order valence-corrected chi connectivity index (χ2v) is 5.87. The minimum Gasteiger partial charge on any atom is -0.454 e. The fourth-order valence-corrected chi connectivity index (χ4v) is 3.30. The molecule has 1 aromatic carbocycles. The number of nitrogens with one attached hydrogen (secondary N) is 1. The van der Waals surface area contributed by atoms with Crippen LogP contribution in [0.1, 0.15) is 23.4 Å². The van der Waals surface area contributed by atoms with Gasteiger partial charge in [-0.05, 0) is 30.9 Å². The van der Waals surface area contributed by atoms with Crippen LogP contribution in [0.15, 0.2) is 23.6 Å². The maximum Gasteiger partial charge on any atom is 0.231 e. The first-order valence-corrected chi connectivity index (χ1v) is 7.30. The Morgan fingerprint density at radius 1 is 1.32 bits per heavy atom. The van der Waals surface area contributed by atoms with Crippen molar-refractivity contribution in [2.75, 3.05) is 12.1 Å². The van der Waals surface area contributed by atoms with Gasteiger partial charge in [0.25, 0.3) is 0 Å². The van der Waals surface area contributed by atoms with Crippen molar-refractivity contribution in [2.45, 2.75) is 19.9 Å². The van der Waals surface area contributed by atoms with Gasteiger partial charge in [0.2, 0.25) is 6.79 Å². The number of anilines is 1. The van der Waals surface area contributed by atoms with Crippen molar-refractivity contribution in [1.29, 1.82) is 0 Å². The quantitative estimate of drug-likeness (QED) is 0.897. The molecule has 1 N–H and O–H groups in total. The van der Waals surface area contributed by atoms with Crippen LogP contribution in [0.4, 0.5) is 5.69 Å². The van der Waals surface area contributed by atoms with Gasteiger partial charge in [0.05, 0.1) is 16.8 Å². The van der Waals surface area contributed by atoms with Crippen LogP contribution in [-0.4, -0.2) is 6.79 Å². The Bertz CT molecular complexity index is 611.